The second kappa shape index (κ2) is 32.7. The van der Waals surface area contributed by atoms with Gasteiger partial charge in [-0.25, -0.2) is 8.78 Å². The van der Waals surface area contributed by atoms with Crippen LogP contribution in [0.5, 0.6) is 0 Å². The fraction of sp³-hybridized carbons (Fsp3) is 0.370. The first-order chi connectivity index (χ1) is 55.1. The van der Waals surface area contributed by atoms with E-state index < -0.39 is 228 Å². The Balaban J connectivity index is 0.000000285. The zero-order valence-electron chi connectivity index (χ0n) is 76.7. The van der Waals surface area contributed by atoms with Gasteiger partial charge in [0.1, 0.15) is 24.7 Å². The Kier molecular flexibility index (Phi) is 15.4. The first-order valence-electron chi connectivity index (χ1n) is 41.8. The molecule has 0 aliphatic heterocycles. The van der Waals surface area contributed by atoms with E-state index in [4.69, 9.17) is 34.3 Å². The van der Waals surface area contributed by atoms with Gasteiger partial charge in [0.15, 0.2) is 10.3 Å². The van der Waals surface area contributed by atoms with Gasteiger partial charge in [0, 0.05) is 92.5 Å². The number of hydrogen-bond donors (Lipinski definition) is 0. The Hall–Kier alpha value is -7.92. The van der Waals surface area contributed by atoms with E-state index in [0.29, 0.717) is 72.1 Å². The lowest BCUT2D eigenvalue weighted by atomic mass is 9.98. The molecule has 22 heteroatoms. The minimum atomic E-state index is -5.20. The van der Waals surface area contributed by atoms with E-state index >= 15 is 0 Å². The number of benzene rings is 6. The van der Waals surface area contributed by atoms with Crippen LogP contribution in [-0.4, -0.2) is 103 Å². The highest BCUT2D eigenvalue weighted by molar-refractivity contribution is 7.98. The lowest BCUT2D eigenvalue weighted by Crippen LogP contribution is -2.40. The average Bonchev–Trinajstić information content (AvgIpc) is 1.52. The smallest absolute Gasteiger partial charge is 0.336 e. The summed E-state index contributed by atoms with van der Waals surface area (Å²) in [6, 6.07) is 6.01. The molecule has 0 atom stereocenters. The molecule has 0 saturated carbocycles. The first kappa shape index (κ1) is 44.7. The Morgan fingerprint density at radius 2 is 1.04 bits per heavy atom. The number of alkyl halides is 6. The van der Waals surface area contributed by atoms with E-state index in [1.54, 1.807) is 41.0 Å². The number of halogens is 8. The summed E-state index contributed by atoms with van der Waals surface area (Å²) < 4.78 is 321. The third kappa shape index (κ3) is 19.0. The number of hydrogen-bond acceptors (Lipinski definition) is 10. The van der Waals surface area contributed by atoms with E-state index in [0.717, 1.165) is 55.5 Å². The fourth-order valence-electron chi connectivity index (χ4n) is 9.99. The molecule has 2 aliphatic rings. The largest absolute Gasteiger partial charge is 0.416 e. The molecule has 0 fully saturated rings. The van der Waals surface area contributed by atoms with E-state index in [2.05, 4.69) is 9.97 Å². The molecular weight excluding hydrogens is 1270 g/mol. The second-order valence-electron chi connectivity index (χ2n) is 21.1. The van der Waals surface area contributed by atoms with Crippen LogP contribution in [0.3, 0.4) is 0 Å². The van der Waals surface area contributed by atoms with Gasteiger partial charge in [-0.2, -0.15) is 36.3 Å². The molecule has 0 N–H and O–H groups in total. The van der Waals surface area contributed by atoms with E-state index in [1.807, 2.05) is 0 Å². The van der Waals surface area contributed by atoms with Crippen LogP contribution < -0.4 is 11.1 Å². The molecule has 8 aromatic rings. The quantitative estimate of drug-likeness (QED) is 0.0295. The minimum absolute atomic E-state index is 0.0337. The molecule has 2 amide bonds. The van der Waals surface area contributed by atoms with Crippen molar-refractivity contribution in [3.63, 3.8) is 0 Å². The summed E-state index contributed by atoms with van der Waals surface area (Å²) >= 11 is 1.61. The summed E-state index contributed by atoms with van der Waals surface area (Å²) in [6.07, 6.45) is -18.3. The normalized spacial score (nSPS) is 18.8. The van der Waals surface area contributed by atoms with Crippen LogP contribution in [0.25, 0.3) is 22.3 Å². The van der Waals surface area contributed by atoms with Gasteiger partial charge >= 0.3 is 12.4 Å². The van der Waals surface area contributed by atoms with Crippen molar-refractivity contribution in [2.45, 2.75) is 133 Å². The third-order valence-corrected chi connectivity index (χ3v) is 17.0. The molecule has 95 heavy (non-hydrogen) atoms. The molecule has 2 heterocycles. The number of carbonyl (C=O) groups is 2. The van der Waals surface area contributed by atoms with Gasteiger partial charge in [0.25, 0.3) is 11.1 Å². The number of rotatable bonds is 26. The number of thioether (sulfide) groups is 2. The van der Waals surface area contributed by atoms with Gasteiger partial charge in [-0.15, -0.1) is 0 Å². The van der Waals surface area contributed by atoms with Gasteiger partial charge in [0.2, 0.25) is 11.8 Å². The first-order valence-corrected chi connectivity index (χ1v) is 31.2. The summed E-state index contributed by atoms with van der Waals surface area (Å²) in [4.78, 5) is 67.6. The summed E-state index contributed by atoms with van der Waals surface area (Å²) in [5.74, 6) is -3.85. The highest BCUT2D eigenvalue weighted by Gasteiger charge is 2.33. The maximum atomic E-state index is 14.8. The van der Waals surface area contributed by atoms with Crippen LogP contribution in [-0.2, 0) is 85.2 Å². The standard InChI is InChI=1S/C37H40F4N4O2S.C36H38F4N4O2S/c1-4-43(5-2)19-20-44(22-26-9-13-28(14-10-26)29-15-18-32(25(3)21-29)37(39,40)41)34(46)23-45-33-8-6-7-31(33)35(47)42-36(45)48-24-27-11-16-30(38)17-12-27;1-3-42(4-2)20-21-43(22-25-8-12-27(13-9-25)28-14-16-29(17-15-28)36(38,39)40)33(45)23-44-32-7-5-6-31(32)34(46)41-35(44)47-24-26-10-18-30(37)19-11-26/h9-18,21H,4-8,19-20,22-24H2,1-3H3;8-19H,3-7,20-24H2,1-2H3/i4D2,5D2,6D2,7D2,8D2,9D,10D,11D,12D,13D,14D,15D,16D,17D,18D,21D;3D2,4D2. The molecule has 12 nitrogen and oxygen atoms in total. The summed E-state index contributed by atoms with van der Waals surface area (Å²) in [6.45, 7) is -7.82. The summed E-state index contributed by atoms with van der Waals surface area (Å²) in [5.41, 5.74) is -6.20. The summed E-state index contributed by atoms with van der Waals surface area (Å²) in [5, 5.41) is -0.371. The van der Waals surface area contributed by atoms with Crippen LogP contribution >= 0.6 is 23.5 Å². The molecule has 0 unspecified atom stereocenters. The predicted octanol–water partition coefficient (Wildman–Crippen LogP) is 14.7. The highest BCUT2D eigenvalue weighted by atomic mass is 32.2. The van der Waals surface area contributed by atoms with E-state index in [-0.39, 0.29) is 43.5 Å². The molecule has 0 saturated heterocycles. The van der Waals surface area contributed by atoms with Crippen molar-refractivity contribution in [3.05, 3.63) is 233 Å². The molecule has 0 spiro atoms. The van der Waals surface area contributed by atoms with Gasteiger partial charge in [0.05, 0.1) is 26.2 Å². The lowest BCUT2D eigenvalue weighted by molar-refractivity contribution is -0.138. The lowest BCUT2D eigenvalue weighted by Gasteiger charge is -2.28. The van der Waals surface area contributed by atoms with Gasteiger partial charge < -0.3 is 28.7 Å². The number of aromatic nitrogens is 4. The SMILES string of the molecule is [2H]C([2H])(C)N(CCN(Cc1ccc(-c2ccc(C(F)(F)F)cc2)cc1)C(=O)Cn1c(SCc2ccc(F)cc2)nc(=O)c2c1CCC2)C([2H])([2H])C.[2H]c1c([2H])c(CSc2nc(=O)c3c(n2CC(=O)N(CCN(C([2H])([2H])C)C([2H])([2H])C)Cc2c([2H])c([2H])c(-c4c([2H])c([2H])c(C(F)(F)F)c(C)c4[2H])c([2H])c2[2H])C([2H])([2H])C([2H])([2H])C3([2H])[2H])c([2H])c([2H])c1F. The van der Waals surface area contributed by atoms with Crippen molar-refractivity contribution in [2.24, 2.45) is 0 Å². The molecule has 0 radical (unpaired) electrons. The van der Waals surface area contributed by atoms with Crippen molar-refractivity contribution in [1.29, 1.82) is 0 Å². The minimum Gasteiger partial charge on any atom is -0.336 e. The topological polar surface area (TPSA) is 117 Å². The van der Waals surface area contributed by atoms with Crippen molar-refractivity contribution in [2.75, 3.05) is 52.2 Å². The third-order valence-electron chi connectivity index (χ3n) is 15.0. The number of nitrogens with zero attached hydrogens (tertiary/aromatic N) is 8. The van der Waals surface area contributed by atoms with Crippen LogP contribution in [0.4, 0.5) is 35.1 Å². The molecule has 502 valence electrons. The van der Waals surface area contributed by atoms with Gasteiger partial charge in [-0.3, -0.25) is 19.2 Å². The number of amides is 2. The monoisotopic (exact) mass is 1370 g/mol. The second-order valence-corrected chi connectivity index (χ2v) is 23.0. The van der Waals surface area contributed by atoms with E-state index in [1.165, 1.54) is 54.8 Å². The molecule has 0 bridgehead atoms. The number of carbonyl (C=O) groups excluding carboxylic acids is 2. The molecule has 2 aromatic heterocycles. The van der Waals surface area contributed by atoms with Crippen LogP contribution in [0.1, 0.15) is 136 Å². The fourth-order valence-corrected chi connectivity index (χ4v) is 11.8. The Bertz CT molecular complexity index is 5280. The Labute approximate surface area is 592 Å². The number of likely N-dealkylation sites (N-methyl/N-ethyl adjacent to an activating group) is 2. The van der Waals surface area contributed by atoms with Gasteiger partial charge in [-0.1, -0.05) is 148 Å². The van der Waals surface area contributed by atoms with Crippen LogP contribution in [0, 0.1) is 18.6 Å². The maximum absolute atomic E-state index is 14.8. The van der Waals surface area contributed by atoms with Gasteiger partial charge in [-0.05, 0) is 164 Å². The van der Waals surface area contributed by atoms with Crippen molar-refractivity contribution in [1.82, 2.24) is 38.7 Å². The zero-order chi connectivity index (χ0) is 90.1. The molecular formula is C73H78F8N8O4S2. The van der Waals surface area contributed by atoms with Crippen molar-refractivity contribution < 1.29 is 79.0 Å². The Morgan fingerprint density at radius 1 is 0.547 bits per heavy atom. The predicted molar refractivity (Wildman–Crippen MR) is 358 cm³/mol. The molecule has 10 rings (SSSR count). The highest BCUT2D eigenvalue weighted by Crippen LogP contribution is 2.36. The zero-order valence-corrected chi connectivity index (χ0v) is 53.3. The molecule has 6 aromatic carbocycles. The van der Waals surface area contributed by atoms with Crippen LogP contribution in [0.15, 0.2) is 159 Å². The van der Waals surface area contributed by atoms with Crippen LogP contribution in [0.2, 0.25) is 0 Å². The molecule has 2 aliphatic carbocycles. The number of fused-ring (bicyclic) bond motifs is 2. The van der Waals surface area contributed by atoms with Crippen molar-refractivity contribution >= 4 is 35.3 Å². The Morgan fingerprint density at radius 3 is 1.59 bits per heavy atom. The summed E-state index contributed by atoms with van der Waals surface area (Å²) in [7, 11) is 0. The van der Waals surface area contributed by atoms with E-state index in [9.17, 15) is 54.3 Å². The average molecular weight is 1370 g/mol. The maximum Gasteiger partial charge on any atom is 0.416 e. The van der Waals surface area contributed by atoms with Crippen molar-refractivity contribution in [3.8, 4) is 22.3 Å².